The maximum Gasteiger partial charge on any atom is 0.124 e. The van der Waals surface area contributed by atoms with Crippen molar-refractivity contribution in [1.82, 2.24) is 5.32 Å². The van der Waals surface area contributed by atoms with Crippen molar-refractivity contribution in [3.05, 3.63) is 77.4 Å². The number of fused-ring (bicyclic) bond motifs is 1. The summed E-state index contributed by atoms with van der Waals surface area (Å²) in [6.07, 6.45) is 3.75. The zero-order valence-corrected chi connectivity index (χ0v) is 15.9. The molecule has 0 amide bonds. The van der Waals surface area contributed by atoms with Crippen LogP contribution in [0.25, 0.3) is 10.8 Å². The second kappa shape index (κ2) is 9.40. The van der Waals surface area contributed by atoms with Crippen LogP contribution in [0.4, 0.5) is 0 Å². The van der Waals surface area contributed by atoms with Gasteiger partial charge in [0.15, 0.2) is 0 Å². The number of nitrogens with one attached hydrogen (secondary N) is 1. The van der Waals surface area contributed by atoms with Crippen LogP contribution in [0.2, 0.25) is 0 Å². The van der Waals surface area contributed by atoms with Crippen LogP contribution < -0.4 is 10.1 Å². The molecular formula is C24H29NO. The van der Waals surface area contributed by atoms with Gasteiger partial charge in [-0.1, -0.05) is 79.9 Å². The van der Waals surface area contributed by atoms with E-state index in [0.717, 1.165) is 18.8 Å². The van der Waals surface area contributed by atoms with Gasteiger partial charge in [0.25, 0.3) is 0 Å². The third kappa shape index (κ3) is 4.86. The Morgan fingerprint density at radius 2 is 1.69 bits per heavy atom. The van der Waals surface area contributed by atoms with Crippen molar-refractivity contribution in [1.29, 1.82) is 0 Å². The van der Waals surface area contributed by atoms with Gasteiger partial charge >= 0.3 is 0 Å². The van der Waals surface area contributed by atoms with Gasteiger partial charge in [-0.3, -0.25) is 0 Å². The highest BCUT2D eigenvalue weighted by Gasteiger charge is 2.09. The van der Waals surface area contributed by atoms with Crippen molar-refractivity contribution >= 4 is 10.8 Å². The predicted octanol–water partition coefficient (Wildman–Crippen LogP) is 6.01. The Hall–Kier alpha value is -2.32. The molecule has 3 rings (SSSR count). The molecule has 0 aromatic heterocycles. The first-order chi connectivity index (χ1) is 12.8. The molecule has 136 valence electrons. The Balaban J connectivity index is 1.76. The molecule has 0 aliphatic carbocycles. The van der Waals surface area contributed by atoms with Crippen LogP contribution in [0.5, 0.6) is 5.75 Å². The molecule has 0 aliphatic rings. The lowest BCUT2D eigenvalue weighted by molar-refractivity contribution is 0.302. The minimum Gasteiger partial charge on any atom is -0.489 e. The summed E-state index contributed by atoms with van der Waals surface area (Å²) in [6.45, 7) is 6.84. The van der Waals surface area contributed by atoms with Gasteiger partial charge in [-0.2, -0.15) is 0 Å². The molecule has 0 heterocycles. The second-order valence-electron chi connectivity index (χ2n) is 6.92. The SMILES string of the molecule is CCCCCNCc1c(OCc2ccc(C)cc2)ccc2ccccc12. The van der Waals surface area contributed by atoms with E-state index in [1.807, 2.05) is 0 Å². The first-order valence-corrected chi connectivity index (χ1v) is 9.67. The lowest BCUT2D eigenvalue weighted by atomic mass is 10.0. The molecule has 3 aromatic rings. The van der Waals surface area contributed by atoms with Crippen molar-refractivity contribution < 1.29 is 4.74 Å². The Morgan fingerprint density at radius 1 is 0.885 bits per heavy atom. The average molecular weight is 348 g/mol. The van der Waals surface area contributed by atoms with Crippen LogP contribution in [0.15, 0.2) is 60.7 Å². The molecule has 0 atom stereocenters. The number of aryl methyl sites for hydroxylation is 1. The highest BCUT2D eigenvalue weighted by atomic mass is 16.5. The molecule has 0 fully saturated rings. The number of benzene rings is 3. The van der Waals surface area contributed by atoms with Gasteiger partial charge < -0.3 is 10.1 Å². The van der Waals surface area contributed by atoms with Crippen LogP contribution in [-0.4, -0.2) is 6.54 Å². The standard InChI is InChI=1S/C24H29NO/c1-3-4-7-16-25-17-23-22-9-6-5-8-21(22)14-15-24(23)26-18-20-12-10-19(2)11-13-20/h5-6,8-15,25H,3-4,7,16-18H2,1-2H3. The topological polar surface area (TPSA) is 21.3 Å². The molecule has 0 aliphatic heterocycles. The summed E-state index contributed by atoms with van der Waals surface area (Å²) in [5.41, 5.74) is 3.73. The van der Waals surface area contributed by atoms with E-state index in [-0.39, 0.29) is 0 Å². The molecule has 0 spiro atoms. The second-order valence-corrected chi connectivity index (χ2v) is 6.92. The molecular weight excluding hydrogens is 318 g/mol. The molecule has 2 nitrogen and oxygen atoms in total. The quantitative estimate of drug-likeness (QED) is 0.479. The largest absolute Gasteiger partial charge is 0.489 e. The zero-order chi connectivity index (χ0) is 18.2. The highest BCUT2D eigenvalue weighted by Crippen LogP contribution is 2.28. The van der Waals surface area contributed by atoms with Gasteiger partial charge in [0, 0.05) is 12.1 Å². The van der Waals surface area contributed by atoms with Crippen molar-refractivity contribution in [3.8, 4) is 5.75 Å². The molecule has 0 saturated carbocycles. The predicted molar refractivity (Wildman–Crippen MR) is 111 cm³/mol. The summed E-state index contributed by atoms with van der Waals surface area (Å²) in [7, 11) is 0. The summed E-state index contributed by atoms with van der Waals surface area (Å²) in [5.74, 6) is 0.979. The normalized spacial score (nSPS) is 11.0. The maximum atomic E-state index is 6.21. The van der Waals surface area contributed by atoms with E-state index in [2.05, 4.69) is 79.8 Å². The molecule has 26 heavy (non-hydrogen) atoms. The first-order valence-electron chi connectivity index (χ1n) is 9.67. The summed E-state index contributed by atoms with van der Waals surface area (Å²) in [4.78, 5) is 0. The van der Waals surface area contributed by atoms with Crippen molar-refractivity contribution in [2.45, 2.75) is 46.3 Å². The maximum absolute atomic E-state index is 6.21. The van der Waals surface area contributed by atoms with E-state index < -0.39 is 0 Å². The third-order valence-corrected chi connectivity index (χ3v) is 4.77. The van der Waals surface area contributed by atoms with Crippen LogP contribution in [0.1, 0.15) is 42.9 Å². The van der Waals surface area contributed by atoms with Crippen LogP contribution in [0.3, 0.4) is 0 Å². The van der Waals surface area contributed by atoms with E-state index in [1.54, 1.807) is 0 Å². The van der Waals surface area contributed by atoms with E-state index in [9.17, 15) is 0 Å². The van der Waals surface area contributed by atoms with Crippen molar-refractivity contribution in [2.24, 2.45) is 0 Å². The minimum atomic E-state index is 0.599. The van der Waals surface area contributed by atoms with Gasteiger partial charge in [-0.05, 0) is 42.3 Å². The summed E-state index contributed by atoms with van der Waals surface area (Å²) < 4.78 is 6.21. The highest BCUT2D eigenvalue weighted by molar-refractivity contribution is 5.87. The van der Waals surface area contributed by atoms with Gasteiger partial charge in [-0.25, -0.2) is 0 Å². The Labute approximate surface area is 157 Å². The Kier molecular flexibility index (Phi) is 6.68. The van der Waals surface area contributed by atoms with E-state index >= 15 is 0 Å². The lowest BCUT2D eigenvalue weighted by Crippen LogP contribution is -2.15. The summed E-state index contributed by atoms with van der Waals surface area (Å²) >= 11 is 0. The first kappa shape index (κ1) is 18.5. The minimum absolute atomic E-state index is 0.599. The fourth-order valence-electron chi connectivity index (χ4n) is 3.19. The number of hydrogen-bond donors (Lipinski definition) is 1. The molecule has 0 radical (unpaired) electrons. The van der Waals surface area contributed by atoms with Crippen molar-refractivity contribution in [2.75, 3.05) is 6.54 Å². The molecule has 3 aromatic carbocycles. The Bertz CT molecular complexity index is 823. The van der Waals surface area contributed by atoms with Gasteiger partial charge in [0.2, 0.25) is 0 Å². The third-order valence-electron chi connectivity index (χ3n) is 4.77. The fourth-order valence-corrected chi connectivity index (χ4v) is 3.19. The fraction of sp³-hybridized carbons (Fsp3) is 0.333. The lowest BCUT2D eigenvalue weighted by Gasteiger charge is -2.15. The monoisotopic (exact) mass is 347 g/mol. The summed E-state index contributed by atoms with van der Waals surface area (Å²) in [5, 5.41) is 6.13. The van der Waals surface area contributed by atoms with E-state index in [1.165, 1.54) is 46.7 Å². The van der Waals surface area contributed by atoms with Crippen LogP contribution in [-0.2, 0) is 13.2 Å². The van der Waals surface area contributed by atoms with Crippen LogP contribution >= 0.6 is 0 Å². The molecule has 0 bridgehead atoms. The van der Waals surface area contributed by atoms with Gasteiger partial charge in [0.05, 0.1) is 0 Å². The number of unbranched alkanes of at least 4 members (excludes halogenated alkanes) is 2. The Morgan fingerprint density at radius 3 is 2.50 bits per heavy atom. The van der Waals surface area contributed by atoms with Crippen molar-refractivity contribution in [3.63, 3.8) is 0 Å². The molecule has 0 saturated heterocycles. The smallest absolute Gasteiger partial charge is 0.124 e. The van der Waals surface area contributed by atoms with E-state index in [0.29, 0.717) is 6.61 Å². The van der Waals surface area contributed by atoms with Gasteiger partial charge in [-0.15, -0.1) is 0 Å². The molecule has 1 N–H and O–H groups in total. The number of hydrogen-bond acceptors (Lipinski definition) is 2. The molecule has 2 heteroatoms. The summed E-state index contributed by atoms with van der Waals surface area (Å²) in [6, 6.07) is 21.4. The van der Waals surface area contributed by atoms with Gasteiger partial charge in [0.1, 0.15) is 12.4 Å². The number of ether oxygens (including phenoxy) is 1. The average Bonchev–Trinajstić information content (AvgIpc) is 2.68. The zero-order valence-electron chi connectivity index (χ0n) is 15.9. The number of rotatable bonds is 9. The van der Waals surface area contributed by atoms with Crippen LogP contribution in [0, 0.1) is 6.92 Å². The molecule has 0 unspecified atom stereocenters. The van der Waals surface area contributed by atoms with E-state index in [4.69, 9.17) is 4.74 Å².